The Labute approximate surface area is 198 Å². The van der Waals surface area contributed by atoms with Crippen LogP contribution in [0.4, 0.5) is 4.39 Å². The van der Waals surface area contributed by atoms with Crippen LogP contribution in [-0.4, -0.2) is 38.9 Å². The average Bonchev–Trinajstić information content (AvgIpc) is 3.18. The minimum absolute atomic E-state index is 0.144. The van der Waals surface area contributed by atoms with E-state index in [0.717, 1.165) is 16.8 Å². The van der Waals surface area contributed by atoms with Crippen molar-refractivity contribution in [1.29, 1.82) is 0 Å². The van der Waals surface area contributed by atoms with E-state index in [-0.39, 0.29) is 10.6 Å². The van der Waals surface area contributed by atoms with E-state index in [9.17, 15) is 13.7 Å². The summed E-state index contributed by atoms with van der Waals surface area (Å²) in [4.78, 5) is 0.144. The van der Waals surface area contributed by atoms with Crippen molar-refractivity contribution in [2.45, 2.75) is 18.2 Å². The first-order valence-electron chi connectivity index (χ1n) is 10.5. The molecule has 0 radical (unpaired) electrons. The van der Waals surface area contributed by atoms with Crippen LogP contribution in [0.25, 0.3) is 11.4 Å². The molecule has 0 amide bonds. The van der Waals surface area contributed by atoms with Gasteiger partial charge < -0.3 is 10.4 Å². The molecule has 33 heavy (non-hydrogen) atoms. The number of benzene rings is 2. The van der Waals surface area contributed by atoms with Gasteiger partial charge in [0.25, 0.3) is 0 Å². The van der Waals surface area contributed by atoms with Gasteiger partial charge in [-0.15, -0.1) is 0 Å². The molecule has 2 unspecified atom stereocenters. The molecule has 0 bridgehead atoms. The van der Waals surface area contributed by atoms with Crippen LogP contribution >= 0.6 is 8.58 Å². The molecule has 0 fully saturated rings. The third kappa shape index (κ3) is 6.38. The quantitative estimate of drug-likeness (QED) is 0.219. The monoisotopic (exact) mass is 486 g/mol. The van der Waals surface area contributed by atoms with Gasteiger partial charge in [0, 0.05) is 24.0 Å². The largest absolute Gasteiger partial charge is 0.507 e. The summed E-state index contributed by atoms with van der Waals surface area (Å²) < 4.78 is 30.7. The third-order valence-electron chi connectivity index (χ3n) is 5.00. The van der Waals surface area contributed by atoms with E-state index in [0.29, 0.717) is 39.2 Å². The molecule has 0 saturated heterocycles. The van der Waals surface area contributed by atoms with Crippen molar-refractivity contribution in [2.75, 3.05) is 19.8 Å². The summed E-state index contributed by atoms with van der Waals surface area (Å²) in [6, 6.07) is 13.1. The van der Waals surface area contributed by atoms with Crippen molar-refractivity contribution in [2.24, 2.45) is 0 Å². The number of hydrogen-bond donors (Lipinski definition) is 3. The third-order valence-corrected chi connectivity index (χ3v) is 7.22. The zero-order chi connectivity index (χ0) is 23.8. The molecular formula is C24H28FN4O2PS. The Bertz CT molecular complexity index is 1180. The van der Waals surface area contributed by atoms with Crippen molar-refractivity contribution in [3.8, 4) is 5.75 Å². The van der Waals surface area contributed by atoms with E-state index in [4.69, 9.17) is 0 Å². The molecule has 1 aromatic heterocycles. The number of para-hydroxylation sites is 1. The van der Waals surface area contributed by atoms with Crippen molar-refractivity contribution >= 4 is 36.3 Å². The van der Waals surface area contributed by atoms with E-state index in [1.165, 1.54) is 12.1 Å². The fourth-order valence-electron chi connectivity index (χ4n) is 3.22. The minimum Gasteiger partial charge on any atom is -0.507 e. The van der Waals surface area contributed by atoms with E-state index in [1.54, 1.807) is 24.3 Å². The molecule has 0 aliphatic carbocycles. The van der Waals surface area contributed by atoms with Crippen LogP contribution in [0.2, 0.25) is 0 Å². The number of phenolic OH excluding ortho intramolecular Hbond substituents is 1. The SMILES string of the molecule is C=C(/C=C(/NCCCNS(=O)c1ccccc1F)n1ncc(PC)c1C)c1ccccc1O. The van der Waals surface area contributed by atoms with Gasteiger partial charge in [-0.05, 0) is 49.9 Å². The van der Waals surface area contributed by atoms with Crippen molar-refractivity contribution in [1.82, 2.24) is 19.8 Å². The lowest BCUT2D eigenvalue weighted by molar-refractivity contribution is 0.474. The van der Waals surface area contributed by atoms with E-state index < -0.39 is 16.8 Å². The highest BCUT2D eigenvalue weighted by Crippen LogP contribution is 2.25. The van der Waals surface area contributed by atoms with Crippen LogP contribution in [0.15, 0.2) is 72.3 Å². The summed E-state index contributed by atoms with van der Waals surface area (Å²) in [6.07, 6.45) is 4.34. The number of allylic oxidation sites excluding steroid dienone is 2. The summed E-state index contributed by atoms with van der Waals surface area (Å²) in [5.41, 5.74) is 2.31. The Morgan fingerprint density at radius 3 is 2.67 bits per heavy atom. The van der Waals surface area contributed by atoms with Gasteiger partial charge in [-0.3, -0.25) is 0 Å². The molecule has 0 aliphatic rings. The Morgan fingerprint density at radius 1 is 1.24 bits per heavy atom. The maximum Gasteiger partial charge on any atom is 0.140 e. The molecule has 0 spiro atoms. The Balaban J connectivity index is 1.68. The van der Waals surface area contributed by atoms with E-state index >= 15 is 0 Å². The number of rotatable bonds is 11. The first-order chi connectivity index (χ1) is 15.9. The number of nitrogens with one attached hydrogen (secondary N) is 2. The number of aromatic hydroxyl groups is 1. The number of phenols is 1. The van der Waals surface area contributed by atoms with Crippen LogP contribution in [0.5, 0.6) is 5.75 Å². The van der Waals surface area contributed by atoms with Gasteiger partial charge in [-0.25, -0.2) is 18.0 Å². The van der Waals surface area contributed by atoms with Gasteiger partial charge in [0.05, 0.1) is 16.8 Å². The zero-order valence-electron chi connectivity index (χ0n) is 18.6. The highest BCUT2D eigenvalue weighted by Gasteiger charge is 2.12. The minimum atomic E-state index is -1.61. The molecule has 0 aliphatic heterocycles. The molecule has 3 N–H and O–H groups in total. The molecule has 1 heterocycles. The molecule has 9 heteroatoms. The molecule has 3 rings (SSSR count). The molecule has 3 aromatic rings. The standard InChI is InChI=1S/C24H28FN4O2PS/c1-17(19-9-4-6-11-21(19)30)15-24(29-18(2)22(32-3)16-27-29)26-13-8-14-28-33(31)23-12-7-5-10-20(23)25/h4-7,9-12,15-16,26,28,30,32H,1,8,13-14H2,2-3H3/b24-15-. The number of aromatic nitrogens is 2. The Morgan fingerprint density at radius 2 is 1.97 bits per heavy atom. The highest BCUT2D eigenvalue weighted by molar-refractivity contribution is 7.83. The van der Waals surface area contributed by atoms with Crippen LogP contribution in [0.1, 0.15) is 17.7 Å². The van der Waals surface area contributed by atoms with Gasteiger partial charge in [-0.1, -0.05) is 45.5 Å². The lowest BCUT2D eigenvalue weighted by atomic mass is 10.1. The topological polar surface area (TPSA) is 79.2 Å². The normalized spacial score (nSPS) is 12.9. The van der Waals surface area contributed by atoms with E-state index in [1.807, 2.05) is 36.0 Å². The van der Waals surface area contributed by atoms with Gasteiger partial charge >= 0.3 is 0 Å². The number of halogens is 1. The summed E-state index contributed by atoms with van der Waals surface area (Å²) in [7, 11) is -0.991. The summed E-state index contributed by atoms with van der Waals surface area (Å²) in [6.45, 7) is 9.22. The fourth-order valence-corrected chi connectivity index (χ4v) is 4.80. The van der Waals surface area contributed by atoms with Gasteiger partial charge in [-0.2, -0.15) is 5.10 Å². The lowest BCUT2D eigenvalue weighted by Gasteiger charge is -2.15. The molecule has 2 aromatic carbocycles. The van der Waals surface area contributed by atoms with Crippen LogP contribution in [0, 0.1) is 12.7 Å². The maximum absolute atomic E-state index is 13.8. The predicted octanol–water partition coefficient (Wildman–Crippen LogP) is 3.77. The second-order valence-electron chi connectivity index (χ2n) is 7.25. The second kappa shape index (κ2) is 11.9. The second-order valence-corrected chi connectivity index (χ2v) is 9.56. The molecular weight excluding hydrogens is 458 g/mol. The lowest BCUT2D eigenvalue weighted by Crippen LogP contribution is -2.25. The van der Waals surface area contributed by atoms with Crippen molar-refractivity contribution in [3.63, 3.8) is 0 Å². The smallest absolute Gasteiger partial charge is 0.140 e. The van der Waals surface area contributed by atoms with Crippen molar-refractivity contribution < 1.29 is 13.7 Å². The highest BCUT2D eigenvalue weighted by atomic mass is 32.2. The maximum atomic E-state index is 13.8. The molecule has 174 valence electrons. The Kier molecular flexibility index (Phi) is 8.95. The van der Waals surface area contributed by atoms with Crippen LogP contribution in [0.3, 0.4) is 0 Å². The average molecular weight is 487 g/mol. The molecule has 0 saturated carbocycles. The fraction of sp³-hybridized carbons (Fsp3) is 0.208. The van der Waals surface area contributed by atoms with Gasteiger partial charge in [0.1, 0.15) is 28.4 Å². The van der Waals surface area contributed by atoms with Crippen LogP contribution in [-0.2, 0) is 11.0 Å². The predicted molar refractivity (Wildman–Crippen MR) is 136 cm³/mol. The van der Waals surface area contributed by atoms with E-state index in [2.05, 4.69) is 28.4 Å². The van der Waals surface area contributed by atoms with Crippen molar-refractivity contribution in [3.05, 3.63) is 84.5 Å². The molecule has 6 nitrogen and oxygen atoms in total. The summed E-state index contributed by atoms with van der Waals surface area (Å²) >= 11 is 0. The van der Waals surface area contributed by atoms with Gasteiger partial charge in [0.15, 0.2) is 0 Å². The Hall–Kier alpha value is -2.80. The van der Waals surface area contributed by atoms with Gasteiger partial charge in [0.2, 0.25) is 0 Å². The summed E-state index contributed by atoms with van der Waals surface area (Å²) in [5, 5.41) is 19.2. The number of nitrogens with zero attached hydrogens (tertiary/aromatic N) is 2. The zero-order valence-corrected chi connectivity index (χ0v) is 20.5. The first-order valence-corrected chi connectivity index (χ1v) is 13.1. The number of hydrogen-bond acceptors (Lipinski definition) is 4. The van der Waals surface area contributed by atoms with Crippen LogP contribution < -0.4 is 15.3 Å². The molecule has 2 atom stereocenters. The first kappa shape index (κ1) is 24.8. The summed E-state index contributed by atoms with van der Waals surface area (Å²) in [5.74, 6) is 0.391.